The highest BCUT2D eigenvalue weighted by Crippen LogP contribution is 2.27. The van der Waals surface area contributed by atoms with Crippen molar-refractivity contribution in [2.75, 3.05) is 18.0 Å². The second kappa shape index (κ2) is 4.32. The molecule has 1 aromatic rings. The van der Waals surface area contributed by atoms with Crippen molar-refractivity contribution < 1.29 is 0 Å². The Morgan fingerprint density at radius 3 is 2.93 bits per heavy atom. The van der Waals surface area contributed by atoms with E-state index in [1.54, 1.807) is 6.20 Å². The van der Waals surface area contributed by atoms with Crippen LogP contribution in [0.1, 0.15) is 6.42 Å². The monoisotopic (exact) mass is 272 g/mol. The quantitative estimate of drug-likeness (QED) is 0.730. The lowest BCUT2D eigenvalue weighted by Crippen LogP contribution is -2.27. The maximum absolute atomic E-state index is 5.83. The molecular weight excluding hydrogens is 263 g/mol. The van der Waals surface area contributed by atoms with Crippen molar-refractivity contribution in [3.63, 3.8) is 0 Å². The lowest BCUT2D eigenvalue weighted by atomic mass is 10.2. The molecule has 0 aliphatic carbocycles. The van der Waals surface area contributed by atoms with Crippen molar-refractivity contribution in [2.24, 2.45) is 0 Å². The van der Waals surface area contributed by atoms with E-state index in [0.717, 1.165) is 29.8 Å². The molecule has 0 N–H and O–H groups in total. The smallest absolute Gasteiger partial charge is 0.143 e. The Labute approximate surface area is 96.7 Å². The summed E-state index contributed by atoms with van der Waals surface area (Å²) >= 11 is 9.30. The summed E-state index contributed by atoms with van der Waals surface area (Å²) < 4.78 is 0.959. The van der Waals surface area contributed by atoms with E-state index >= 15 is 0 Å². The minimum Gasteiger partial charge on any atom is -0.352 e. The first-order valence-electron chi connectivity index (χ1n) is 4.48. The summed E-state index contributed by atoms with van der Waals surface area (Å²) in [7, 11) is 0. The van der Waals surface area contributed by atoms with Gasteiger partial charge in [-0.15, -0.1) is 0 Å². The molecule has 0 fully saturated rings. The molecule has 2 rings (SSSR count). The number of rotatable bonds is 1. The van der Waals surface area contributed by atoms with Crippen LogP contribution in [0.15, 0.2) is 28.9 Å². The minimum absolute atomic E-state index is 0.660. The van der Waals surface area contributed by atoms with Crippen LogP contribution in [0.5, 0.6) is 0 Å². The second-order valence-corrected chi connectivity index (χ2v) is 4.46. The van der Waals surface area contributed by atoms with Crippen LogP contribution < -0.4 is 4.90 Å². The zero-order chi connectivity index (χ0) is 9.97. The fourth-order valence-corrected chi connectivity index (χ4v) is 2.36. The van der Waals surface area contributed by atoms with Gasteiger partial charge in [-0.25, -0.2) is 4.98 Å². The van der Waals surface area contributed by atoms with Gasteiger partial charge in [-0.1, -0.05) is 23.8 Å². The summed E-state index contributed by atoms with van der Waals surface area (Å²) in [6.07, 6.45) is 7.11. The molecule has 2 nitrogen and oxygen atoms in total. The van der Waals surface area contributed by atoms with E-state index in [0.29, 0.717) is 5.02 Å². The summed E-state index contributed by atoms with van der Waals surface area (Å²) in [5, 5.41) is 0.660. The zero-order valence-electron chi connectivity index (χ0n) is 7.58. The maximum atomic E-state index is 5.83. The van der Waals surface area contributed by atoms with Crippen LogP contribution in [0.4, 0.5) is 5.82 Å². The van der Waals surface area contributed by atoms with Crippen molar-refractivity contribution in [1.82, 2.24) is 4.98 Å². The van der Waals surface area contributed by atoms with Gasteiger partial charge in [0.25, 0.3) is 0 Å². The van der Waals surface area contributed by atoms with Crippen LogP contribution in [-0.2, 0) is 0 Å². The van der Waals surface area contributed by atoms with Gasteiger partial charge in [0.1, 0.15) is 5.82 Å². The summed E-state index contributed by atoms with van der Waals surface area (Å²) in [5.74, 6) is 0.971. The molecule has 1 aromatic heterocycles. The van der Waals surface area contributed by atoms with Gasteiger partial charge >= 0.3 is 0 Å². The lowest BCUT2D eigenvalue weighted by molar-refractivity contribution is 0.803. The summed E-state index contributed by atoms with van der Waals surface area (Å²) in [6.45, 7) is 1.94. The van der Waals surface area contributed by atoms with E-state index < -0.39 is 0 Å². The molecule has 1 aliphatic heterocycles. The molecule has 0 amide bonds. The third kappa shape index (κ3) is 2.10. The Bertz CT molecular complexity index is 365. The van der Waals surface area contributed by atoms with Crippen LogP contribution in [-0.4, -0.2) is 18.1 Å². The molecule has 0 atom stereocenters. The van der Waals surface area contributed by atoms with Gasteiger partial charge in [-0.05, 0) is 28.4 Å². The Morgan fingerprint density at radius 1 is 1.43 bits per heavy atom. The summed E-state index contributed by atoms with van der Waals surface area (Å²) in [6, 6.07) is 1.88. The molecule has 4 heteroatoms. The third-order valence-electron chi connectivity index (χ3n) is 2.15. The van der Waals surface area contributed by atoms with E-state index in [1.165, 1.54) is 0 Å². The maximum Gasteiger partial charge on any atom is 0.143 e. The highest BCUT2D eigenvalue weighted by atomic mass is 79.9. The van der Waals surface area contributed by atoms with Gasteiger partial charge in [-0.2, -0.15) is 0 Å². The largest absolute Gasteiger partial charge is 0.352 e. The van der Waals surface area contributed by atoms with E-state index in [1.807, 2.05) is 6.07 Å². The number of hydrogen-bond acceptors (Lipinski definition) is 2. The first kappa shape index (κ1) is 9.99. The second-order valence-electron chi connectivity index (χ2n) is 3.17. The van der Waals surface area contributed by atoms with Crippen molar-refractivity contribution in [2.45, 2.75) is 6.42 Å². The van der Waals surface area contributed by atoms with Gasteiger partial charge < -0.3 is 4.90 Å². The molecule has 0 unspecified atom stereocenters. The number of hydrogen-bond donors (Lipinski definition) is 0. The summed E-state index contributed by atoms with van der Waals surface area (Å²) in [4.78, 5) is 6.54. The van der Waals surface area contributed by atoms with Gasteiger partial charge in [0.05, 0.1) is 9.50 Å². The molecule has 1 aliphatic rings. The molecular formula is C10H10BrClN2. The van der Waals surface area contributed by atoms with Gasteiger partial charge in [0.2, 0.25) is 0 Å². The fraction of sp³-hybridized carbons (Fsp3) is 0.300. The average Bonchev–Trinajstić information content (AvgIpc) is 2.19. The van der Waals surface area contributed by atoms with Crippen molar-refractivity contribution in [3.05, 3.63) is 33.9 Å². The van der Waals surface area contributed by atoms with Crippen LogP contribution in [0, 0.1) is 0 Å². The molecule has 0 radical (unpaired) electrons. The third-order valence-corrected chi connectivity index (χ3v) is 2.94. The average molecular weight is 274 g/mol. The number of anilines is 1. The Kier molecular flexibility index (Phi) is 3.08. The molecule has 74 valence electrons. The molecule has 0 spiro atoms. The van der Waals surface area contributed by atoms with E-state index in [4.69, 9.17) is 11.6 Å². The molecule has 14 heavy (non-hydrogen) atoms. The fourth-order valence-electron chi connectivity index (χ4n) is 1.47. The standard InChI is InChI=1S/C10H10BrClN2/c11-9-6-8(12)7-13-10(9)14-4-2-1-3-5-14/h1-2,6-7H,3-5H2. The van der Waals surface area contributed by atoms with Crippen LogP contribution in [0.3, 0.4) is 0 Å². The Hall–Kier alpha value is -0.540. The topological polar surface area (TPSA) is 16.1 Å². The SMILES string of the molecule is Clc1cnc(N2CC=CCC2)c(Br)c1. The van der Waals surface area contributed by atoms with Gasteiger partial charge in [0, 0.05) is 19.3 Å². The van der Waals surface area contributed by atoms with Crippen LogP contribution in [0.25, 0.3) is 0 Å². The van der Waals surface area contributed by atoms with E-state index in [9.17, 15) is 0 Å². The van der Waals surface area contributed by atoms with Crippen LogP contribution >= 0.6 is 27.5 Å². The Balaban J connectivity index is 2.27. The van der Waals surface area contributed by atoms with Crippen molar-refractivity contribution in [1.29, 1.82) is 0 Å². The minimum atomic E-state index is 0.660. The molecule has 0 bridgehead atoms. The van der Waals surface area contributed by atoms with Crippen molar-refractivity contribution >= 4 is 33.3 Å². The number of nitrogens with zero attached hydrogens (tertiary/aromatic N) is 2. The lowest BCUT2D eigenvalue weighted by Gasteiger charge is -2.25. The molecule has 0 saturated heterocycles. The molecule has 2 heterocycles. The Morgan fingerprint density at radius 2 is 2.29 bits per heavy atom. The van der Waals surface area contributed by atoms with Gasteiger partial charge in [-0.3, -0.25) is 0 Å². The summed E-state index contributed by atoms with van der Waals surface area (Å²) in [5.41, 5.74) is 0. The van der Waals surface area contributed by atoms with E-state index in [-0.39, 0.29) is 0 Å². The number of pyridine rings is 1. The highest BCUT2D eigenvalue weighted by Gasteiger charge is 2.12. The van der Waals surface area contributed by atoms with Crippen molar-refractivity contribution in [3.8, 4) is 0 Å². The van der Waals surface area contributed by atoms with Gasteiger partial charge in [0.15, 0.2) is 0 Å². The molecule has 0 aromatic carbocycles. The first-order chi connectivity index (χ1) is 6.77. The highest BCUT2D eigenvalue weighted by molar-refractivity contribution is 9.10. The number of aromatic nitrogens is 1. The first-order valence-corrected chi connectivity index (χ1v) is 5.65. The zero-order valence-corrected chi connectivity index (χ0v) is 9.92. The normalized spacial score (nSPS) is 16.0. The van der Waals surface area contributed by atoms with E-state index in [2.05, 4.69) is 38.0 Å². The number of halogens is 2. The molecule has 0 saturated carbocycles. The predicted molar refractivity (Wildman–Crippen MR) is 62.9 cm³/mol. The predicted octanol–water partition coefficient (Wildman–Crippen LogP) is 3.26. The van der Waals surface area contributed by atoms with Crippen LogP contribution in [0.2, 0.25) is 5.02 Å².